The third kappa shape index (κ3) is 7.37. The number of hydrogen-bond donors (Lipinski definition) is 3. The van der Waals surface area contributed by atoms with E-state index in [1.54, 1.807) is 7.11 Å². The molecule has 0 fully saturated rings. The van der Waals surface area contributed by atoms with Crippen LogP contribution >= 0.6 is 0 Å². The zero-order valence-electron chi connectivity index (χ0n) is 17.5. The average Bonchev–Trinajstić information content (AvgIpc) is 2.73. The predicted octanol–water partition coefficient (Wildman–Crippen LogP) is 3.48. The summed E-state index contributed by atoms with van der Waals surface area (Å²) in [6, 6.07) is 13.7. The summed E-state index contributed by atoms with van der Waals surface area (Å²) in [6.45, 7) is 6.17. The van der Waals surface area contributed by atoms with Gasteiger partial charge in [-0.2, -0.15) is 0 Å². The number of anilines is 1. The van der Waals surface area contributed by atoms with E-state index in [0.29, 0.717) is 12.2 Å². The van der Waals surface area contributed by atoms with Gasteiger partial charge in [0.1, 0.15) is 5.75 Å². The standard InChI is InChI=1S/C22H30N4O3/c1-5-23-21(24-13-12-18-14-16(2)6-11-20(18)28-3)25-15-17-7-9-19(10-8-17)26-22(27)29-4/h6-11,14H,5,12-13,15H2,1-4H3,(H,26,27)(H2,23,24,25). The molecule has 7 nitrogen and oxygen atoms in total. The lowest BCUT2D eigenvalue weighted by Crippen LogP contribution is -2.38. The molecule has 29 heavy (non-hydrogen) atoms. The smallest absolute Gasteiger partial charge is 0.411 e. The maximum Gasteiger partial charge on any atom is 0.411 e. The Balaban J connectivity index is 1.92. The number of aliphatic imine (C=N–C) groups is 1. The summed E-state index contributed by atoms with van der Waals surface area (Å²) in [6.07, 6.45) is 0.350. The molecule has 0 radical (unpaired) electrons. The molecule has 0 aliphatic carbocycles. The van der Waals surface area contributed by atoms with Gasteiger partial charge in [-0.25, -0.2) is 9.79 Å². The summed E-state index contributed by atoms with van der Waals surface area (Å²) in [4.78, 5) is 15.9. The average molecular weight is 399 g/mol. The fourth-order valence-corrected chi connectivity index (χ4v) is 2.79. The van der Waals surface area contributed by atoms with E-state index in [1.807, 2.05) is 43.3 Å². The SMILES string of the molecule is CCNC(=NCc1ccc(NC(=O)OC)cc1)NCCc1cc(C)ccc1OC. The summed E-state index contributed by atoms with van der Waals surface area (Å²) < 4.78 is 10.0. The number of aryl methyl sites for hydroxylation is 1. The van der Waals surface area contributed by atoms with Crippen molar-refractivity contribution in [3.05, 3.63) is 59.2 Å². The van der Waals surface area contributed by atoms with Crippen molar-refractivity contribution < 1.29 is 14.3 Å². The number of ether oxygens (including phenoxy) is 2. The first kappa shape index (κ1) is 22.1. The fourth-order valence-electron chi connectivity index (χ4n) is 2.79. The van der Waals surface area contributed by atoms with E-state index >= 15 is 0 Å². The van der Waals surface area contributed by atoms with Gasteiger partial charge >= 0.3 is 6.09 Å². The van der Waals surface area contributed by atoms with Crippen molar-refractivity contribution in [2.75, 3.05) is 32.6 Å². The number of nitrogens with one attached hydrogen (secondary N) is 3. The number of methoxy groups -OCH3 is 2. The Hall–Kier alpha value is -3.22. The lowest BCUT2D eigenvalue weighted by atomic mass is 10.1. The molecular weight excluding hydrogens is 368 g/mol. The van der Waals surface area contributed by atoms with Crippen molar-refractivity contribution in [2.24, 2.45) is 4.99 Å². The van der Waals surface area contributed by atoms with Crippen LogP contribution in [0.2, 0.25) is 0 Å². The highest BCUT2D eigenvalue weighted by Crippen LogP contribution is 2.19. The number of nitrogens with zero attached hydrogens (tertiary/aromatic N) is 1. The van der Waals surface area contributed by atoms with E-state index in [4.69, 9.17) is 4.74 Å². The molecule has 1 amide bonds. The van der Waals surface area contributed by atoms with Gasteiger partial charge in [-0.05, 0) is 49.6 Å². The summed E-state index contributed by atoms with van der Waals surface area (Å²) in [7, 11) is 3.03. The molecule has 7 heteroatoms. The van der Waals surface area contributed by atoms with Crippen LogP contribution in [0.15, 0.2) is 47.5 Å². The number of carbonyl (C=O) groups excluding carboxylic acids is 1. The van der Waals surface area contributed by atoms with Crippen molar-refractivity contribution in [3.8, 4) is 5.75 Å². The lowest BCUT2D eigenvalue weighted by Gasteiger charge is -2.13. The van der Waals surface area contributed by atoms with E-state index in [1.165, 1.54) is 18.2 Å². The van der Waals surface area contributed by atoms with Gasteiger partial charge in [-0.1, -0.05) is 29.8 Å². The van der Waals surface area contributed by atoms with Crippen molar-refractivity contribution in [1.82, 2.24) is 10.6 Å². The highest BCUT2D eigenvalue weighted by atomic mass is 16.5. The van der Waals surface area contributed by atoms with Gasteiger partial charge in [-0.3, -0.25) is 5.32 Å². The molecule has 2 aromatic rings. The van der Waals surface area contributed by atoms with E-state index < -0.39 is 6.09 Å². The summed E-state index contributed by atoms with van der Waals surface area (Å²) in [5.41, 5.74) is 4.11. The Morgan fingerprint density at radius 2 is 1.83 bits per heavy atom. The second-order valence-corrected chi connectivity index (χ2v) is 6.50. The molecule has 0 unspecified atom stereocenters. The normalized spacial score (nSPS) is 11.0. The molecule has 0 bridgehead atoms. The molecule has 0 atom stereocenters. The first-order valence-corrected chi connectivity index (χ1v) is 9.65. The van der Waals surface area contributed by atoms with E-state index in [9.17, 15) is 4.79 Å². The van der Waals surface area contributed by atoms with Gasteiger partial charge in [0.15, 0.2) is 5.96 Å². The summed E-state index contributed by atoms with van der Waals surface area (Å²) >= 11 is 0. The van der Waals surface area contributed by atoms with Crippen LogP contribution in [0.25, 0.3) is 0 Å². The molecule has 0 saturated carbocycles. The number of benzene rings is 2. The van der Waals surface area contributed by atoms with Crippen LogP contribution in [0.5, 0.6) is 5.75 Å². The quantitative estimate of drug-likeness (QED) is 0.468. The third-order valence-corrected chi connectivity index (χ3v) is 4.27. The minimum Gasteiger partial charge on any atom is -0.496 e. The predicted molar refractivity (Wildman–Crippen MR) is 117 cm³/mol. The molecule has 0 aromatic heterocycles. The number of rotatable bonds is 8. The lowest BCUT2D eigenvalue weighted by molar-refractivity contribution is 0.187. The highest BCUT2D eigenvalue weighted by Gasteiger charge is 2.05. The Bertz CT molecular complexity index is 819. The second kappa shape index (κ2) is 11.6. The maximum atomic E-state index is 11.2. The van der Waals surface area contributed by atoms with Crippen LogP contribution in [0, 0.1) is 6.92 Å². The largest absolute Gasteiger partial charge is 0.496 e. The number of hydrogen-bond acceptors (Lipinski definition) is 4. The highest BCUT2D eigenvalue weighted by molar-refractivity contribution is 5.84. The van der Waals surface area contributed by atoms with Gasteiger partial charge in [0.2, 0.25) is 0 Å². The Labute approximate surface area is 172 Å². The van der Waals surface area contributed by atoms with Gasteiger partial charge in [-0.15, -0.1) is 0 Å². The van der Waals surface area contributed by atoms with Crippen LogP contribution in [0.1, 0.15) is 23.6 Å². The first-order chi connectivity index (χ1) is 14.0. The molecule has 2 rings (SSSR count). The van der Waals surface area contributed by atoms with Crippen LogP contribution < -0.4 is 20.7 Å². The summed E-state index contributed by atoms with van der Waals surface area (Å²) in [5.74, 6) is 1.66. The maximum absolute atomic E-state index is 11.2. The zero-order valence-corrected chi connectivity index (χ0v) is 17.5. The van der Waals surface area contributed by atoms with Gasteiger partial charge in [0.05, 0.1) is 20.8 Å². The van der Waals surface area contributed by atoms with Crippen molar-refractivity contribution in [1.29, 1.82) is 0 Å². The Morgan fingerprint density at radius 3 is 2.48 bits per heavy atom. The van der Waals surface area contributed by atoms with E-state index in [0.717, 1.165) is 36.8 Å². The van der Waals surface area contributed by atoms with Crippen molar-refractivity contribution in [3.63, 3.8) is 0 Å². The monoisotopic (exact) mass is 398 g/mol. The molecule has 156 valence electrons. The Morgan fingerprint density at radius 1 is 1.07 bits per heavy atom. The molecule has 0 aliphatic heterocycles. The minimum absolute atomic E-state index is 0.486. The number of amides is 1. The van der Waals surface area contributed by atoms with Crippen molar-refractivity contribution in [2.45, 2.75) is 26.8 Å². The van der Waals surface area contributed by atoms with Crippen LogP contribution in [-0.4, -0.2) is 39.4 Å². The zero-order chi connectivity index (χ0) is 21.1. The minimum atomic E-state index is -0.486. The second-order valence-electron chi connectivity index (χ2n) is 6.50. The van der Waals surface area contributed by atoms with E-state index in [2.05, 4.69) is 38.7 Å². The van der Waals surface area contributed by atoms with Crippen LogP contribution in [-0.2, 0) is 17.7 Å². The molecular formula is C22H30N4O3. The molecule has 0 heterocycles. The molecule has 0 saturated heterocycles. The van der Waals surface area contributed by atoms with Crippen LogP contribution in [0.3, 0.4) is 0 Å². The van der Waals surface area contributed by atoms with Gasteiger partial charge in [0, 0.05) is 18.8 Å². The van der Waals surface area contributed by atoms with E-state index in [-0.39, 0.29) is 0 Å². The molecule has 3 N–H and O–H groups in total. The Kier molecular flexibility index (Phi) is 8.82. The topological polar surface area (TPSA) is 84.0 Å². The van der Waals surface area contributed by atoms with Gasteiger partial charge in [0.25, 0.3) is 0 Å². The fraction of sp³-hybridized carbons (Fsp3) is 0.364. The molecule has 0 aliphatic rings. The summed E-state index contributed by atoms with van der Waals surface area (Å²) in [5, 5.41) is 9.25. The molecule has 2 aromatic carbocycles. The number of carbonyl (C=O) groups is 1. The third-order valence-electron chi connectivity index (χ3n) is 4.27. The molecule has 0 spiro atoms. The first-order valence-electron chi connectivity index (χ1n) is 9.65. The van der Waals surface area contributed by atoms with Crippen molar-refractivity contribution >= 4 is 17.7 Å². The van der Waals surface area contributed by atoms with Gasteiger partial charge < -0.3 is 20.1 Å². The van der Waals surface area contributed by atoms with Crippen LogP contribution in [0.4, 0.5) is 10.5 Å². The number of guanidine groups is 1.